The van der Waals surface area contributed by atoms with Crippen LogP contribution in [0.3, 0.4) is 0 Å². The lowest BCUT2D eigenvalue weighted by Gasteiger charge is -2.29. The fourth-order valence-electron chi connectivity index (χ4n) is 2.14. The number of nitrogens with one attached hydrogen (secondary N) is 1. The number of thioether (sulfide) groups is 2. The van der Waals surface area contributed by atoms with Crippen LogP contribution in [0.15, 0.2) is 6.07 Å². The molecule has 1 aromatic rings. The van der Waals surface area contributed by atoms with Crippen molar-refractivity contribution in [3.05, 3.63) is 17.6 Å². The molecule has 0 aromatic carbocycles. The zero-order valence-corrected chi connectivity index (χ0v) is 13.3. The van der Waals surface area contributed by atoms with Gasteiger partial charge in [-0.25, -0.2) is 9.97 Å². The Labute approximate surface area is 123 Å². The average Bonchev–Trinajstić information content (AvgIpc) is 2.47. The summed E-state index contributed by atoms with van der Waals surface area (Å²) in [6, 6.07) is 1.95. The molecule has 0 radical (unpaired) electrons. The normalized spacial score (nSPS) is 23.3. The minimum Gasteiger partial charge on any atom is -0.378 e. The van der Waals surface area contributed by atoms with Gasteiger partial charge in [0.15, 0.2) is 0 Å². The first kappa shape index (κ1) is 14.9. The average molecular weight is 299 g/mol. The van der Waals surface area contributed by atoms with Gasteiger partial charge in [-0.05, 0) is 6.42 Å². The Hall–Kier alpha value is -0.460. The van der Waals surface area contributed by atoms with Crippen LogP contribution in [-0.2, 0) is 11.3 Å². The molecule has 4 nitrogen and oxygen atoms in total. The fraction of sp³-hybridized carbons (Fsp3) is 0.692. The first-order chi connectivity index (χ1) is 9.28. The molecule has 0 amide bonds. The highest BCUT2D eigenvalue weighted by Crippen LogP contribution is 2.43. The summed E-state index contributed by atoms with van der Waals surface area (Å²) in [5.41, 5.74) is 0.947. The van der Waals surface area contributed by atoms with E-state index in [4.69, 9.17) is 4.74 Å². The molecule has 106 valence electrons. The van der Waals surface area contributed by atoms with Crippen molar-refractivity contribution in [2.75, 3.05) is 31.0 Å². The highest BCUT2D eigenvalue weighted by Gasteiger charge is 2.29. The maximum Gasteiger partial charge on any atom is 0.145 e. The number of hydrogen-bond acceptors (Lipinski definition) is 6. The van der Waals surface area contributed by atoms with Crippen LogP contribution in [0, 0.1) is 0 Å². The van der Waals surface area contributed by atoms with Gasteiger partial charge in [0.25, 0.3) is 0 Å². The zero-order valence-electron chi connectivity index (χ0n) is 11.7. The van der Waals surface area contributed by atoms with E-state index >= 15 is 0 Å². The second kappa shape index (κ2) is 7.36. The largest absolute Gasteiger partial charge is 0.378 e. The van der Waals surface area contributed by atoms with Gasteiger partial charge in [0.1, 0.15) is 11.6 Å². The standard InChI is InChI=1S/C13H21N3OS2/c1-4-10-12(19-6-5-18-10)13-15-9(8-17-3)7-11(14-2)16-13/h7,10,12H,4-6,8H2,1-3H3,(H,14,15,16). The van der Waals surface area contributed by atoms with Crippen LogP contribution in [-0.4, -0.2) is 40.9 Å². The van der Waals surface area contributed by atoms with Crippen molar-refractivity contribution in [1.29, 1.82) is 0 Å². The smallest absolute Gasteiger partial charge is 0.145 e. The molecule has 6 heteroatoms. The van der Waals surface area contributed by atoms with E-state index < -0.39 is 0 Å². The molecular formula is C13H21N3OS2. The van der Waals surface area contributed by atoms with E-state index in [2.05, 4.69) is 22.2 Å². The van der Waals surface area contributed by atoms with Crippen molar-refractivity contribution in [3.8, 4) is 0 Å². The second-order valence-corrected chi connectivity index (χ2v) is 6.99. The van der Waals surface area contributed by atoms with Gasteiger partial charge >= 0.3 is 0 Å². The summed E-state index contributed by atoms with van der Waals surface area (Å²) in [5.74, 6) is 4.24. The Bertz CT molecular complexity index is 417. The first-order valence-electron chi connectivity index (χ1n) is 6.56. The van der Waals surface area contributed by atoms with Gasteiger partial charge in [-0.3, -0.25) is 0 Å². The predicted octanol–water partition coefficient (Wildman–Crippen LogP) is 2.96. The third-order valence-corrected chi connectivity index (χ3v) is 6.29. The third kappa shape index (κ3) is 3.77. The van der Waals surface area contributed by atoms with Crippen molar-refractivity contribution in [2.24, 2.45) is 0 Å². The molecule has 1 aliphatic rings. The molecule has 1 aromatic heterocycles. The van der Waals surface area contributed by atoms with E-state index in [9.17, 15) is 0 Å². The van der Waals surface area contributed by atoms with Crippen molar-refractivity contribution in [2.45, 2.75) is 30.5 Å². The van der Waals surface area contributed by atoms with E-state index in [-0.39, 0.29) is 0 Å². The van der Waals surface area contributed by atoms with E-state index in [0.717, 1.165) is 23.8 Å². The number of ether oxygens (including phenoxy) is 1. The highest BCUT2D eigenvalue weighted by molar-refractivity contribution is 8.06. The van der Waals surface area contributed by atoms with Crippen LogP contribution in [0.25, 0.3) is 0 Å². The van der Waals surface area contributed by atoms with Gasteiger partial charge in [-0.1, -0.05) is 6.92 Å². The van der Waals surface area contributed by atoms with Crippen LogP contribution in [0.5, 0.6) is 0 Å². The number of methoxy groups -OCH3 is 1. The molecule has 0 spiro atoms. The molecule has 2 unspecified atom stereocenters. The van der Waals surface area contributed by atoms with Crippen molar-refractivity contribution in [3.63, 3.8) is 0 Å². The molecule has 1 fully saturated rings. The zero-order chi connectivity index (χ0) is 13.7. The molecule has 1 N–H and O–H groups in total. The van der Waals surface area contributed by atoms with Crippen molar-refractivity contribution in [1.82, 2.24) is 9.97 Å². The number of rotatable bonds is 5. The molecule has 2 atom stereocenters. The van der Waals surface area contributed by atoms with Crippen LogP contribution in [0.2, 0.25) is 0 Å². The van der Waals surface area contributed by atoms with Gasteiger partial charge in [-0.2, -0.15) is 11.8 Å². The molecule has 19 heavy (non-hydrogen) atoms. The number of aromatic nitrogens is 2. The minimum absolute atomic E-state index is 0.396. The topological polar surface area (TPSA) is 47.0 Å². The summed E-state index contributed by atoms with van der Waals surface area (Å²) >= 11 is 4.03. The SMILES string of the molecule is CCC1SCCSC1c1nc(COC)cc(NC)n1. The Balaban J connectivity index is 2.28. The van der Waals surface area contributed by atoms with Crippen LogP contribution in [0.1, 0.15) is 30.1 Å². The molecule has 0 aliphatic carbocycles. The lowest BCUT2D eigenvalue weighted by atomic mass is 10.2. The van der Waals surface area contributed by atoms with Crippen molar-refractivity contribution < 1.29 is 4.74 Å². The van der Waals surface area contributed by atoms with Gasteiger partial charge in [0.05, 0.1) is 17.6 Å². The first-order valence-corrected chi connectivity index (χ1v) is 8.66. The van der Waals surface area contributed by atoms with E-state index in [1.807, 2.05) is 36.6 Å². The quantitative estimate of drug-likeness (QED) is 0.902. The van der Waals surface area contributed by atoms with Crippen LogP contribution >= 0.6 is 23.5 Å². The predicted molar refractivity (Wildman–Crippen MR) is 84.0 cm³/mol. The molecule has 1 aliphatic heterocycles. The highest BCUT2D eigenvalue weighted by atomic mass is 32.2. The van der Waals surface area contributed by atoms with Gasteiger partial charge < -0.3 is 10.1 Å². The Morgan fingerprint density at radius 1 is 1.37 bits per heavy atom. The summed E-state index contributed by atoms with van der Waals surface area (Å²) in [4.78, 5) is 9.33. The molecular weight excluding hydrogens is 278 g/mol. The lowest BCUT2D eigenvalue weighted by molar-refractivity contribution is 0.181. The number of hydrogen-bond donors (Lipinski definition) is 1. The third-order valence-electron chi connectivity index (χ3n) is 3.05. The summed E-state index contributed by atoms with van der Waals surface area (Å²) in [5, 5.41) is 4.12. The molecule has 2 rings (SSSR count). The van der Waals surface area contributed by atoms with Gasteiger partial charge in [-0.15, -0.1) is 11.8 Å². The van der Waals surface area contributed by atoms with E-state index in [1.165, 1.54) is 11.5 Å². The maximum atomic E-state index is 5.19. The number of anilines is 1. The summed E-state index contributed by atoms with van der Waals surface area (Å²) in [7, 11) is 3.59. The summed E-state index contributed by atoms with van der Waals surface area (Å²) in [6.45, 7) is 2.78. The summed E-state index contributed by atoms with van der Waals surface area (Å²) in [6.07, 6.45) is 1.16. The van der Waals surface area contributed by atoms with Crippen LogP contribution < -0.4 is 5.32 Å². The molecule has 0 saturated carbocycles. The minimum atomic E-state index is 0.396. The fourth-order valence-corrected chi connectivity index (χ4v) is 5.13. The molecule has 2 heterocycles. The van der Waals surface area contributed by atoms with Crippen molar-refractivity contribution >= 4 is 29.3 Å². The summed E-state index contributed by atoms with van der Waals surface area (Å²) < 4.78 is 5.19. The molecule has 1 saturated heterocycles. The van der Waals surface area contributed by atoms with E-state index in [1.54, 1.807) is 7.11 Å². The Morgan fingerprint density at radius 3 is 2.84 bits per heavy atom. The molecule has 0 bridgehead atoms. The number of nitrogens with zero attached hydrogens (tertiary/aromatic N) is 2. The van der Waals surface area contributed by atoms with E-state index in [0.29, 0.717) is 17.1 Å². The lowest BCUT2D eigenvalue weighted by Crippen LogP contribution is -2.21. The van der Waals surface area contributed by atoms with Crippen LogP contribution in [0.4, 0.5) is 5.82 Å². The van der Waals surface area contributed by atoms with Gasteiger partial charge in [0.2, 0.25) is 0 Å². The maximum absolute atomic E-state index is 5.19. The van der Waals surface area contributed by atoms with Gasteiger partial charge in [0, 0.05) is 37.0 Å². The monoisotopic (exact) mass is 299 g/mol. The second-order valence-electron chi connectivity index (χ2n) is 4.39. The Morgan fingerprint density at radius 2 is 2.16 bits per heavy atom. The Kier molecular flexibility index (Phi) is 5.78.